The van der Waals surface area contributed by atoms with E-state index < -0.39 is 0 Å². The van der Waals surface area contributed by atoms with E-state index in [1.165, 1.54) is 0 Å². The van der Waals surface area contributed by atoms with E-state index in [1.54, 1.807) is 0 Å². The number of hydrogen-bond donors (Lipinski definition) is 2. The number of morpholine rings is 1. The number of hydrogen-bond acceptors (Lipinski definition) is 4. The zero-order chi connectivity index (χ0) is 14.8. The lowest BCUT2D eigenvalue weighted by Gasteiger charge is -2.44. The molecule has 0 aromatic rings. The highest BCUT2D eigenvalue weighted by Crippen LogP contribution is 2.40. The van der Waals surface area contributed by atoms with Gasteiger partial charge in [0, 0.05) is 19.6 Å². The summed E-state index contributed by atoms with van der Waals surface area (Å²) in [6.45, 7) is 5.65. The summed E-state index contributed by atoms with van der Waals surface area (Å²) in [5.41, 5.74) is 5.58. The molecule has 1 aliphatic heterocycles. The van der Waals surface area contributed by atoms with Gasteiger partial charge in [-0.2, -0.15) is 0 Å². The number of amides is 1. The fourth-order valence-electron chi connectivity index (χ4n) is 3.47. The van der Waals surface area contributed by atoms with Crippen LogP contribution >= 0.6 is 0 Å². The zero-order valence-electron chi connectivity index (χ0n) is 12.7. The number of ether oxygens (including phenoxy) is 1. The third-order valence-electron chi connectivity index (χ3n) is 4.89. The quantitative estimate of drug-likeness (QED) is 0.802. The van der Waals surface area contributed by atoms with Crippen molar-refractivity contribution in [2.75, 3.05) is 26.2 Å². The normalized spacial score (nSPS) is 38.8. The number of carbonyl (C=O) groups excluding carboxylic acids is 1. The van der Waals surface area contributed by atoms with Crippen LogP contribution in [0.4, 0.5) is 0 Å². The molecule has 2 rings (SSSR count). The molecular formula is C15H28N2O3. The lowest BCUT2D eigenvalue weighted by Crippen LogP contribution is -2.57. The van der Waals surface area contributed by atoms with Crippen molar-refractivity contribution in [1.29, 1.82) is 0 Å². The van der Waals surface area contributed by atoms with Gasteiger partial charge in [-0.3, -0.25) is 4.79 Å². The van der Waals surface area contributed by atoms with Gasteiger partial charge in [-0.1, -0.05) is 6.92 Å². The van der Waals surface area contributed by atoms with Gasteiger partial charge in [-0.25, -0.2) is 0 Å². The molecule has 0 aromatic heterocycles. The minimum Gasteiger partial charge on any atom is -0.394 e. The van der Waals surface area contributed by atoms with E-state index in [2.05, 4.69) is 6.92 Å². The highest BCUT2D eigenvalue weighted by Gasteiger charge is 2.43. The number of rotatable bonds is 3. The molecule has 2 fully saturated rings. The SMILES string of the molecule is CC1CCC(CN)(C(=O)N2CC(C)OC(CO)C2)CC1. The van der Waals surface area contributed by atoms with Crippen LogP contribution in [0, 0.1) is 11.3 Å². The summed E-state index contributed by atoms with van der Waals surface area (Å²) < 4.78 is 5.61. The van der Waals surface area contributed by atoms with Crippen LogP contribution in [-0.4, -0.2) is 54.4 Å². The molecule has 1 aliphatic carbocycles. The van der Waals surface area contributed by atoms with Crippen molar-refractivity contribution < 1.29 is 14.6 Å². The van der Waals surface area contributed by atoms with Crippen LogP contribution in [0.3, 0.4) is 0 Å². The number of aliphatic hydroxyl groups excluding tert-OH is 1. The van der Waals surface area contributed by atoms with Gasteiger partial charge in [0.1, 0.15) is 0 Å². The molecule has 2 aliphatic rings. The molecular weight excluding hydrogens is 256 g/mol. The topological polar surface area (TPSA) is 75.8 Å². The summed E-state index contributed by atoms with van der Waals surface area (Å²) in [4.78, 5) is 14.8. The first-order chi connectivity index (χ1) is 9.50. The standard InChI is InChI=1S/C15H28N2O3/c1-11-3-5-15(10-16,6-4-11)14(19)17-7-12(2)20-13(8-17)9-18/h11-13,18H,3-10,16H2,1-2H3. The van der Waals surface area contributed by atoms with Crippen molar-refractivity contribution >= 4 is 5.91 Å². The second kappa shape index (κ2) is 6.41. The second-order valence-electron chi connectivity index (χ2n) is 6.63. The van der Waals surface area contributed by atoms with Crippen molar-refractivity contribution in [2.24, 2.45) is 17.1 Å². The van der Waals surface area contributed by atoms with E-state index in [1.807, 2.05) is 11.8 Å². The van der Waals surface area contributed by atoms with Gasteiger partial charge in [0.25, 0.3) is 0 Å². The lowest BCUT2D eigenvalue weighted by atomic mass is 9.70. The Morgan fingerprint density at radius 1 is 1.35 bits per heavy atom. The van der Waals surface area contributed by atoms with Crippen molar-refractivity contribution in [2.45, 2.75) is 51.7 Å². The fraction of sp³-hybridized carbons (Fsp3) is 0.933. The molecule has 5 nitrogen and oxygen atoms in total. The first-order valence-corrected chi connectivity index (χ1v) is 7.76. The van der Waals surface area contributed by atoms with Crippen molar-refractivity contribution in [3.63, 3.8) is 0 Å². The molecule has 116 valence electrons. The number of aliphatic hydroxyl groups is 1. The number of nitrogens with zero attached hydrogens (tertiary/aromatic N) is 1. The predicted octanol–water partition coefficient (Wildman–Crippen LogP) is 0.750. The van der Waals surface area contributed by atoms with Crippen molar-refractivity contribution in [1.82, 2.24) is 4.90 Å². The Morgan fingerprint density at radius 3 is 2.55 bits per heavy atom. The van der Waals surface area contributed by atoms with Crippen LogP contribution in [0.1, 0.15) is 39.5 Å². The first kappa shape index (κ1) is 15.7. The molecule has 3 N–H and O–H groups in total. The molecule has 2 unspecified atom stereocenters. The Bertz CT molecular complexity index is 340. The highest BCUT2D eigenvalue weighted by atomic mass is 16.5. The second-order valence-corrected chi connectivity index (χ2v) is 6.63. The molecule has 1 saturated heterocycles. The van der Waals surface area contributed by atoms with Crippen LogP contribution in [-0.2, 0) is 9.53 Å². The number of nitrogens with two attached hydrogens (primary N) is 1. The summed E-state index contributed by atoms with van der Waals surface area (Å²) >= 11 is 0. The third kappa shape index (κ3) is 3.15. The maximum Gasteiger partial charge on any atom is 0.230 e. The summed E-state index contributed by atoms with van der Waals surface area (Å²) in [6, 6.07) is 0. The van der Waals surface area contributed by atoms with Gasteiger partial charge in [-0.15, -0.1) is 0 Å². The first-order valence-electron chi connectivity index (χ1n) is 7.76. The third-order valence-corrected chi connectivity index (χ3v) is 4.89. The Balaban J connectivity index is 2.08. The van der Waals surface area contributed by atoms with E-state index in [0.717, 1.165) is 25.7 Å². The molecule has 0 radical (unpaired) electrons. The minimum absolute atomic E-state index is 0.0258. The molecule has 1 heterocycles. The lowest BCUT2D eigenvalue weighted by molar-refractivity contribution is -0.159. The highest BCUT2D eigenvalue weighted by molar-refractivity contribution is 5.83. The van der Waals surface area contributed by atoms with Crippen molar-refractivity contribution in [3.8, 4) is 0 Å². The summed E-state index contributed by atoms with van der Waals surface area (Å²) in [5, 5.41) is 9.29. The summed E-state index contributed by atoms with van der Waals surface area (Å²) in [7, 11) is 0. The Kier molecular flexibility index (Phi) is 5.04. The maximum atomic E-state index is 12.9. The van der Waals surface area contributed by atoms with E-state index in [9.17, 15) is 9.90 Å². The molecule has 5 heteroatoms. The average Bonchev–Trinajstić information content (AvgIpc) is 2.47. The molecule has 2 atom stereocenters. The van der Waals surface area contributed by atoms with Crippen LogP contribution in [0.25, 0.3) is 0 Å². The van der Waals surface area contributed by atoms with Gasteiger partial charge in [0.2, 0.25) is 5.91 Å². The zero-order valence-corrected chi connectivity index (χ0v) is 12.7. The van der Waals surface area contributed by atoms with E-state index in [-0.39, 0.29) is 30.1 Å². The maximum absolute atomic E-state index is 12.9. The van der Waals surface area contributed by atoms with Crippen LogP contribution < -0.4 is 5.73 Å². The fourth-order valence-corrected chi connectivity index (χ4v) is 3.47. The number of carbonyl (C=O) groups is 1. The van der Waals surface area contributed by atoms with Gasteiger partial charge in [-0.05, 0) is 38.5 Å². The molecule has 0 spiro atoms. The van der Waals surface area contributed by atoms with Crippen LogP contribution in [0.2, 0.25) is 0 Å². The van der Waals surface area contributed by atoms with Crippen molar-refractivity contribution in [3.05, 3.63) is 0 Å². The Labute approximate surface area is 121 Å². The monoisotopic (exact) mass is 284 g/mol. The molecule has 1 saturated carbocycles. The molecule has 0 aromatic carbocycles. The Hall–Kier alpha value is -0.650. The largest absolute Gasteiger partial charge is 0.394 e. The Morgan fingerprint density at radius 2 is 2.00 bits per heavy atom. The summed E-state index contributed by atoms with van der Waals surface area (Å²) in [6.07, 6.45) is 3.64. The van der Waals surface area contributed by atoms with Gasteiger partial charge in [0.05, 0.1) is 24.2 Å². The van der Waals surface area contributed by atoms with E-state index in [0.29, 0.717) is 25.6 Å². The minimum atomic E-state index is -0.385. The van der Waals surface area contributed by atoms with E-state index >= 15 is 0 Å². The van der Waals surface area contributed by atoms with Gasteiger partial charge < -0.3 is 20.5 Å². The molecule has 1 amide bonds. The van der Waals surface area contributed by atoms with E-state index in [4.69, 9.17) is 10.5 Å². The van der Waals surface area contributed by atoms with Crippen LogP contribution in [0.5, 0.6) is 0 Å². The predicted molar refractivity (Wildman–Crippen MR) is 77.1 cm³/mol. The smallest absolute Gasteiger partial charge is 0.230 e. The molecule has 20 heavy (non-hydrogen) atoms. The van der Waals surface area contributed by atoms with Gasteiger partial charge >= 0.3 is 0 Å². The van der Waals surface area contributed by atoms with Crippen LogP contribution in [0.15, 0.2) is 0 Å². The van der Waals surface area contributed by atoms with Gasteiger partial charge in [0.15, 0.2) is 0 Å². The summed E-state index contributed by atoms with van der Waals surface area (Å²) in [5.74, 6) is 0.858. The molecule has 0 bridgehead atoms. The average molecular weight is 284 g/mol.